The maximum absolute atomic E-state index is 13.9. The number of ether oxygens (including phenoxy) is 1. The van der Waals surface area contributed by atoms with E-state index in [9.17, 15) is 9.18 Å². The number of aromatic nitrogens is 1. The van der Waals surface area contributed by atoms with Crippen molar-refractivity contribution in [1.29, 1.82) is 0 Å². The second kappa shape index (κ2) is 8.64. The summed E-state index contributed by atoms with van der Waals surface area (Å²) >= 11 is 6.25. The Morgan fingerprint density at radius 3 is 2.52 bits per heavy atom. The molecule has 0 unspecified atom stereocenters. The summed E-state index contributed by atoms with van der Waals surface area (Å²) in [6.45, 7) is 1.80. The predicted octanol–water partition coefficient (Wildman–Crippen LogP) is 4.87. The summed E-state index contributed by atoms with van der Waals surface area (Å²) in [6, 6.07) is 18.5. The summed E-state index contributed by atoms with van der Waals surface area (Å²) < 4.78 is 19.4. The Kier molecular flexibility index (Phi) is 6.04. The van der Waals surface area contributed by atoms with Crippen LogP contribution in [0.1, 0.15) is 12.5 Å². The average molecular weight is 385 g/mol. The number of benzene rings is 2. The second-order valence-corrected chi connectivity index (χ2v) is 6.30. The van der Waals surface area contributed by atoms with Gasteiger partial charge in [-0.2, -0.15) is 0 Å². The molecule has 4 nitrogen and oxygen atoms in total. The Morgan fingerprint density at radius 2 is 1.81 bits per heavy atom. The van der Waals surface area contributed by atoms with Gasteiger partial charge in [-0.25, -0.2) is 9.37 Å². The lowest BCUT2D eigenvalue weighted by Crippen LogP contribution is -2.40. The van der Waals surface area contributed by atoms with E-state index >= 15 is 0 Å². The number of halogens is 2. The van der Waals surface area contributed by atoms with Crippen LogP contribution >= 0.6 is 11.6 Å². The molecule has 0 fully saturated rings. The lowest BCUT2D eigenvalue weighted by Gasteiger charge is -2.26. The smallest absolute Gasteiger partial charge is 0.269 e. The maximum atomic E-state index is 13.9. The molecular weight excluding hydrogens is 367 g/mol. The first-order chi connectivity index (χ1) is 13.1. The number of rotatable bonds is 6. The summed E-state index contributed by atoms with van der Waals surface area (Å²) in [4.78, 5) is 18.8. The van der Waals surface area contributed by atoms with Gasteiger partial charge in [0.15, 0.2) is 17.7 Å². The SMILES string of the molecule is C[C@@H](Oc1ccccc1F)C(=O)N(Cc1ccccc1Cl)c1ccccn1. The van der Waals surface area contributed by atoms with Crippen molar-refractivity contribution in [1.82, 2.24) is 4.98 Å². The minimum Gasteiger partial charge on any atom is -0.478 e. The lowest BCUT2D eigenvalue weighted by molar-refractivity contribution is -0.124. The van der Waals surface area contributed by atoms with Crippen molar-refractivity contribution in [2.24, 2.45) is 0 Å². The molecule has 1 atom stereocenters. The van der Waals surface area contributed by atoms with Crippen molar-refractivity contribution in [3.8, 4) is 5.75 Å². The van der Waals surface area contributed by atoms with Gasteiger partial charge in [0.2, 0.25) is 0 Å². The van der Waals surface area contributed by atoms with Crippen LogP contribution in [0.4, 0.5) is 10.2 Å². The Hall–Kier alpha value is -2.92. The summed E-state index contributed by atoms with van der Waals surface area (Å²) in [5.41, 5.74) is 0.774. The molecule has 0 N–H and O–H groups in total. The maximum Gasteiger partial charge on any atom is 0.269 e. The summed E-state index contributed by atoms with van der Waals surface area (Å²) in [7, 11) is 0. The van der Waals surface area contributed by atoms with Gasteiger partial charge in [0.1, 0.15) is 5.82 Å². The molecule has 3 aromatic rings. The van der Waals surface area contributed by atoms with Crippen LogP contribution < -0.4 is 9.64 Å². The Balaban J connectivity index is 1.87. The number of para-hydroxylation sites is 1. The van der Waals surface area contributed by atoms with Crippen molar-refractivity contribution in [3.63, 3.8) is 0 Å². The fourth-order valence-electron chi connectivity index (χ4n) is 2.58. The van der Waals surface area contributed by atoms with E-state index in [0.717, 1.165) is 5.56 Å². The van der Waals surface area contributed by atoms with E-state index in [1.165, 1.54) is 17.0 Å². The van der Waals surface area contributed by atoms with Gasteiger partial charge in [-0.1, -0.05) is 48.0 Å². The third-order valence-electron chi connectivity index (χ3n) is 3.97. The fraction of sp³-hybridized carbons (Fsp3) is 0.143. The molecule has 2 aromatic carbocycles. The Bertz CT molecular complexity index is 921. The first kappa shape index (κ1) is 18.9. The Labute approximate surface area is 162 Å². The van der Waals surface area contributed by atoms with Crippen molar-refractivity contribution in [2.45, 2.75) is 19.6 Å². The monoisotopic (exact) mass is 384 g/mol. The van der Waals surface area contributed by atoms with Gasteiger partial charge in [-0.3, -0.25) is 9.69 Å². The van der Waals surface area contributed by atoms with E-state index in [1.54, 1.807) is 49.5 Å². The number of hydrogen-bond donors (Lipinski definition) is 0. The molecule has 0 spiro atoms. The van der Waals surface area contributed by atoms with Crippen LogP contribution in [0.15, 0.2) is 72.9 Å². The highest BCUT2D eigenvalue weighted by atomic mass is 35.5. The average Bonchev–Trinajstić information content (AvgIpc) is 2.69. The highest BCUT2D eigenvalue weighted by molar-refractivity contribution is 6.31. The molecule has 0 aliphatic carbocycles. The van der Waals surface area contributed by atoms with Crippen molar-refractivity contribution >= 4 is 23.3 Å². The highest BCUT2D eigenvalue weighted by Gasteiger charge is 2.25. The van der Waals surface area contributed by atoms with Crippen LogP contribution in [0, 0.1) is 5.82 Å². The quantitative estimate of drug-likeness (QED) is 0.608. The Morgan fingerprint density at radius 1 is 1.11 bits per heavy atom. The highest BCUT2D eigenvalue weighted by Crippen LogP contribution is 2.23. The zero-order valence-corrected chi connectivity index (χ0v) is 15.4. The predicted molar refractivity (Wildman–Crippen MR) is 103 cm³/mol. The molecule has 27 heavy (non-hydrogen) atoms. The molecule has 0 aliphatic heterocycles. The zero-order chi connectivity index (χ0) is 19.2. The third-order valence-corrected chi connectivity index (χ3v) is 4.34. The standard InChI is InChI=1S/C21H18ClFN2O2/c1-15(27-19-11-5-4-10-18(19)23)21(26)25(20-12-6-7-13-24-20)14-16-8-2-3-9-17(16)22/h2-13,15H,14H2,1H3/t15-/m1/s1. The number of amides is 1. The van der Waals surface area contributed by atoms with E-state index in [0.29, 0.717) is 10.8 Å². The second-order valence-electron chi connectivity index (χ2n) is 5.89. The van der Waals surface area contributed by atoms with Crippen molar-refractivity contribution in [3.05, 3.63) is 89.3 Å². The molecular formula is C21H18ClFN2O2. The van der Waals surface area contributed by atoms with Crippen LogP contribution in [0.5, 0.6) is 5.75 Å². The molecule has 138 valence electrons. The van der Waals surface area contributed by atoms with E-state index < -0.39 is 11.9 Å². The minimum atomic E-state index is -0.911. The van der Waals surface area contributed by atoms with Crippen molar-refractivity contribution in [2.75, 3.05) is 4.90 Å². The lowest BCUT2D eigenvalue weighted by atomic mass is 10.2. The topological polar surface area (TPSA) is 42.4 Å². The number of carbonyl (C=O) groups excluding carboxylic acids is 1. The number of pyridine rings is 1. The summed E-state index contributed by atoms with van der Waals surface area (Å²) in [5.74, 6) is -0.381. The first-order valence-electron chi connectivity index (χ1n) is 8.43. The van der Waals surface area contributed by atoms with Crippen molar-refractivity contribution < 1.29 is 13.9 Å². The number of hydrogen-bond acceptors (Lipinski definition) is 3. The molecule has 1 heterocycles. The van der Waals surface area contributed by atoms with Crippen LogP contribution in [0.2, 0.25) is 5.02 Å². The fourth-order valence-corrected chi connectivity index (χ4v) is 2.78. The molecule has 0 saturated carbocycles. The van der Waals surface area contributed by atoms with Crippen LogP contribution in [0.3, 0.4) is 0 Å². The molecule has 3 rings (SSSR count). The number of anilines is 1. The van der Waals surface area contributed by atoms with E-state index in [1.807, 2.05) is 18.2 Å². The van der Waals surface area contributed by atoms with Gasteiger partial charge in [-0.05, 0) is 42.8 Å². The van der Waals surface area contributed by atoms with Crippen LogP contribution in [-0.2, 0) is 11.3 Å². The summed E-state index contributed by atoms with van der Waals surface area (Å²) in [5, 5.41) is 0.550. The van der Waals surface area contributed by atoms with Gasteiger partial charge in [0.25, 0.3) is 5.91 Å². The largest absolute Gasteiger partial charge is 0.478 e. The molecule has 1 amide bonds. The van der Waals surface area contributed by atoms with Gasteiger partial charge in [-0.15, -0.1) is 0 Å². The molecule has 6 heteroatoms. The number of carbonyl (C=O) groups is 1. The zero-order valence-electron chi connectivity index (χ0n) is 14.7. The van der Waals surface area contributed by atoms with Gasteiger partial charge < -0.3 is 4.74 Å². The van der Waals surface area contributed by atoms with Gasteiger partial charge in [0, 0.05) is 11.2 Å². The first-order valence-corrected chi connectivity index (χ1v) is 8.81. The summed E-state index contributed by atoms with van der Waals surface area (Å²) in [6.07, 6.45) is 0.691. The molecule has 0 saturated heterocycles. The third kappa shape index (κ3) is 4.63. The molecule has 0 aliphatic rings. The van der Waals surface area contributed by atoms with Gasteiger partial charge in [0.05, 0.1) is 6.54 Å². The minimum absolute atomic E-state index is 0.0251. The van der Waals surface area contributed by atoms with Crippen LogP contribution in [-0.4, -0.2) is 17.0 Å². The van der Waals surface area contributed by atoms with E-state index in [4.69, 9.17) is 16.3 Å². The number of nitrogens with zero attached hydrogens (tertiary/aromatic N) is 2. The molecule has 1 aromatic heterocycles. The molecule has 0 bridgehead atoms. The van der Waals surface area contributed by atoms with Crippen LogP contribution in [0.25, 0.3) is 0 Å². The molecule has 0 radical (unpaired) electrons. The van der Waals surface area contributed by atoms with E-state index in [-0.39, 0.29) is 18.2 Å². The normalized spacial score (nSPS) is 11.7. The van der Waals surface area contributed by atoms with Gasteiger partial charge >= 0.3 is 0 Å². The van der Waals surface area contributed by atoms with E-state index in [2.05, 4.69) is 4.98 Å².